The number of rotatable bonds is 3. The minimum absolute atomic E-state index is 0.274. The largest absolute Gasteiger partial charge is 0.508 e. The van der Waals surface area contributed by atoms with Crippen LogP contribution in [0.4, 0.5) is 0 Å². The highest BCUT2D eigenvalue weighted by atomic mass is 16.3. The van der Waals surface area contributed by atoms with Crippen molar-refractivity contribution in [2.24, 2.45) is 0 Å². The minimum Gasteiger partial charge on any atom is -0.508 e. The Bertz CT molecular complexity index is 905. The van der Waals surface area contributed by atoms with Crippen LogP contribution in [0, 0.1) is 0 Å². The van der Waals surface area contributed by atoms with Crippen LogP contribution in [0.1, 0.15) is 5.56 Å². The molecule has 108 valence electrons. The molecule has 22 heavy (non-hydrogen) atoms. The molecule has 4 nitrogen and oxygen atoms in total. The monoisotopic (exact) mass is 289 g/mol. The van der Waals surface area contributed by atoms with Gasteiger partial charge in [-0.25, -0.2) is 4.98 Å². The van der Waals surface area contributed by atoms with Crippen molar-refractivity contribution in [3.63, 3.8) is 0 Å². The van der Waals surface area contributed by atoms with Crippen molar-refractivity contribution in [2.75, 3.05) is 0 Å². The molecule has 0 saturated carbocycles. The first-order valence-corrected chi connectivity index (χ1v) is 7.16. The van der Waals surface area contributed by atoms with Crippen LogP contribution in [-0.4, -0.2) is 19.6 Å². The lowest BCUT2D eigenvalue weighted by Crippen LogP contribution is -1.97. The fourth-order valence-electron chi connectivity index (χ4n) is 2.80. The molecule has 2 N–H and O–H groups in total. The van der Waals surface area contributed by atoms with Gasteiger partial charge in [-0.05, 0) is 35.9 Å². The summed E-state index contributed by atoms with van der Waals surface area (Å²) in [6.07, 6.45) is 5.57. The Labute approximate surface area is 127 Å². The second-order valence-electron chi connectivity index (χ2n) is 5.31. The third-order valence-electron chi connectivity index (χ3n) is 3.87. The number of aromatic amines is 1. The summed E-state index contributed by atoms with van der Waals surface area (Å²) < 4.78 is 2.06. The Morgan fingerprint density at radius 1 is 1.05 bits per heavy atom. The molecular formula is C18H15N3O. The Morgan fingerprint density at radius 2 is 1.86 bits per heavy atom. The van der Waals surface area contributed by atoms with Crippen LogP contribution in [-0.2, 0) is 6.54 Å². The Hall–Kier alpha value is -3.01. The van der Waals surface area contributed by atoms with E-state index >= 15 is 0 Å². The summed E-state index contributed by atoms with van der Waals surface area (Å²) in [4.78, 5) is 7.61. The van der Waals surface area contributed by atoms with Crippen molar-refractivity contribution < 1.29 is 5.11 Å². The summed E-state index contributed by atoms with van der Waals surface area (Å²) in [5.74, 6) is 0.274. The molecule has 0 aliphatic rings. The zero-order chi connectivity index (χ0) is 14.9. The summed E-state index contributed by atoms with van der Waals surface area (Å²) >= 11 is 0. The van der Waals surface area contributed by atoms with Crippen molar-refractivity contribution in [3.8, 4) is 17.0 Å². The van der Waals surface area contributed by atoms with E-state index < -0.39 is 0 Å². The lowest BCUT2D eigenvalue weighted by Gasteiger charge is -2.06. The summed E-state index contributed by atoms with van der Waals surface area (Å²) in [5, 5.41) is 10.7. The van der Waals surface area contributed by atoms with Crippen LogP contribution in [0.15, 0.2) is 67.3 Å². The van der Waals surface area contributed by atoms with Crippen LogP contribution < -0.4 is 0 Å². The van der Waals surface area contributed by atoms with Crippen molar-refractivity contribution in [1.82, 2.24) is 14.5 Å². The standard InChI is InChI=1S/C18H15N3O/c22-14-7-5-13(6-8-14)18-16(11-21-10-9-19-12-21)15-3-1-2-4-17(15)20-18/h1-10,12,20,22H,11H2. The van der Waals surface area contributed by atoms with Crippen molar-refractivity contribution in [2.45, 2.75) is 6.54 Å². The first kappa shape index (κ1) is 12.7. The number of hydrogen-bond acceptors (Lipinski definition) is 2. The second kappa shape index (κ2) is 5.07. The third-order valence-corrected chi connectivity index (χ3v) is 3.87. The Kier molecular flexibility index (Phi) is 2.93. The van der Waals surface area contributed by atoms with Gasteiger partial charge in [-0.15, -0.1) is 0 Å². The van der Waals surface area contributed by atoms with Gasteiger partial charge in [0.2, 0.25) is 0 Å². The number of H-pyrrole nitrogens is 1. The SMILES string of the molecule is Oc1ccc(-c2[nH]c3ccccc3c2Cn2ccnc2)cc1. The van der Waals surface area contributed by atoms with E-state index in [9.17, 15) is 5.11 Å². The van der Waals surface area contributed by atoms with E-state index in [1.54, 1.807) is 18.3 Å². The van der Waals surface area contributed by atoms with E-state index in [1.807, 2.05) is 36.8 Å². The zero-order valence-electron chi connectivity index (χ0n) is 11.9. The molecule has 0 fully saturated rings. The van der Waals surface area contributed by atoms with Gasteiger partial charge in [-0.2, -0.15) is 0 Å². The Morgan fingerprint density at radius 3 is 2.64 bits per heavy atom. The molecule has 0 bridgehead atoms. The number of aromatic hydroxyl groups is 1. The fraction of sp³-hybridized carbons (Fsp3) is 0.0556. The number of para-hydroxylation sites is 1. The normalized spacial score (nSPS) is 11.1. The number of phenolic OH excluding ortho intramolecular Hbond substituents is 1. The van der Waals surface area contributed by atoms with E-state index in [0.29, 0.717) is 0 Å². The number of imidazole rings is 1. The summed E-state index contributed by atoms with van der Waals surface area (Å²) in [7, 11) is 0. The van der Waals surface area contributed by atoms with Crippen molar-refractivity contribution >= 4 is 10.9 Å². The van der Waals surface area contributed by atoms with Crippen LogP contribution in [0.2, 0.25) is 0 Å². The fourth-order valence-corrected chi connectivity index (χ4v) is 2.80. The average Bonchev–Trinajstić information content (AvgIpc) is 3.17. The molecule has 0 aliphatic heterocycles. The molecule has 0 atom stereocenters. The highest BCUT2D eigenvalue weighted by molar-refractivity contribution is 5.90. The van der Waals surface area contributed by atoms with Crippen molar-refractivity contribution in [1.29, 1.82) is 0 Å². The molecule has 0 radical (unpaired) electrons. The highest BCUT2D eigenvalue weighted by Gasteiger charge is 2.13. The predicted octanol–water partition coefficient (Wildman–Crippen LogP) is 3.79. The first-order valence-electron chi connectivity index (χ1n) is 7.16. The number of phenols is 1. The summed E-state index contributed by atoms with van der Waals surface area (Å²) in [5.41, 5.74) is 4.47. The van der Waals surface area contributed by atoms with Gasteiger partial charge in [0, 0.05) is 28.9 Å². The van der Waals surface area contributed by atoms with Gasteiger partial charge in [-0.1, -0.05) is 18.2 Å². The van der Waals surface area contributed by atoms with Crippen LogP contribution in [0.3, 0.4) is 0 Å². The van der Waals surface area contributed by atoms with Gasteiger partial charge in [0.15, 0.2) is 0 Å². The van der Waals surface area contributed by atoms with Crippen LogP contribution in [0.5, 0.6) is 5.75 Å². The van der Waals surface area contributed by atoms with Gasteiger partial charge in [0.25, 0.3) is 0 Å². The zero-order valence-corrected chi connectivity index (χ0v) is 11.9. The summed E-state index contributed by atoms with van der Waals surface area (Å²) in [6, 6.07) is 15.6. The van der Waals surface area contributed by atoms with Crippen LogP contribution >= 0.6 is 0 Å². The average molecular weight is 289 g/mol. The van der Waals surface area contributed by atoms with E-state index in [2.05, 4.69) is 26.7 Å². The number of hydrogen-bond donors (Lipinski definition) is 2. The van der Waals surface area contributed by atoms with Gasteiger partial charge < -0.3 is 14.7 Å². The molecule has 0 spiro atoms. The molecule has 2 heterocycles. The quantitative estimate of drug-likeness (QED) is 0.603. The number of nitrogens with zero attached hydrogens (tertiary/aromatic N) is 2. The molecule has 4 rings (SSSR count). The van der Waals surface area contributed by atoms with Gasteiger partial charge in [0.1, 0.15) is 5.75 Å². The topological polar surface area (TPSA) is 53.8 Å². The number of benzene rings is 2. The maximum absolute atomic E-state index is 9.50. The number of aromatic nitrogens is 3. The molecule has 2 aromatic carbocycles. The molecular weight excluding hydrogens is 274 g/mol. The maximum Gasteiger partial charge on any atom is 0.115 e. The summed E-state index contributed by atoms with van der Waals surface area (Å²) in [6.45, 7) is 0.750. The lowest BCUT2D eigenvalue weighted by molar-refractivity contribution is 0.475. The van der Waals surface area contributed by atoms with Gasteiger partial charge >= 0.3 is 0 Å². The van der Waals surface area contributed by atoms with E-state index in [1.165, 1.54) is 10.9 Å². The number of nitrogens with one attached hydrogen (secondary N) is 1. The molecule has 2 aromatic heterocycles. The molecule has 4 heteroatoms. The predicted molar refractivity (Wildman–Crippen MR) is 86.7 cm³/mol. The van der Waals surface area contributed by atoms with E-state index in [-0.39, 0.29) is 5.75 Å². The van der Waals surface area contributed by atoms with Gasteiger partial charge in [0.05, 0.1) is 18.6 Å². The molecule has 0 unspecified atom stereocenters. The molecule has 4 aromatic rings. The maximum atomic E-state index is 9.50. The third kappa shape index (κ3) is 2.15. The molecule has 0 aliphatic carbocycles. The molecule has 0 amide bonds. The van der Waals surface area contributed by atoms with E-state index in [4.69, 9.17) is 0 Å². The second-order valence-corrected chi connectivity index (χ2v) is 5.31. The lowest BCUT2D eigenvalue weighted by atomic mass is 10.0. The smallest absolute Gasteiger partial charge is 0.115 e. The van der Waals surface area contributed by atoms with Crippen molar-refractivity contribution in [3.05, 3.63) is 72.8 Å². The van der Waals surface area contributed by atoms with Gasteiger partial charge in [-0.3, -0.25) is 0 Å². The minimum atomic E-state index is 0.274. The van der Waals surface area contributed by atoms with E-state index in [0.717, 1.165) is 23.3 Å². The Balaban J connectivity index is 1.91. The highest BCUT2D eigenvalue weighted by Crippen LogP contribution is 2.31. The molecule has 0 saturated heterocycles. The number of fused-ring (bicyclic) bond motifs is 1. The first-order chi connectivity index (χ1) is 10.8. The van der Waals surface area contributed by atoms with Crippen LogP contribution in [0.25, 0.3) is 22.2 Å².